The van der Waals surface area contributed by atoms with Crippen molar-refractivity contribution in [2.24, 2.45) is 0 Å². The summed E-state index contributed by atoms with van der Waals surface area (Å²) >= 11 is 7.08. The molecule has 0 radical (unpaired) electrons. The molecule has 0 fully saturated rings. The number of thiophene rings is 1. The Morgan fingerprint density at radius 1 is 1.59 bits per heavy atom. The number of methoxy groups -OCH3 is 1. The average molecular weight is 273 g/mol. The Labute approximate surface area is 106 Å². The van der Waals surface area contributed by atoms with Gasteiger partial charge in [0.15, 0.2) is 0 Å². The van der Waals surface area contributed by atoms with Crippen molar-refractivity contribution >= 4 is 28.9 Å². The Morgan fingerprint density at radius 3 is 2.94 bits per heavy atom. The number of carbonyl (C=O) groups excluding carboxylic acids is 1. The second-order valence-electron chi connectivity index (χ2n) is 3.26. The second-order valence-corrected chi connectivity index (χ2v) is 4.64. The lowest BCUT2D eigenvalue weighted by Crippen LogP contribution is -1.99. The van der Waals surface area contributed by atoms with E-state index in [9.17, 15) is 9.90 Å². The largest absolute Gasteiger partial charge is 0.463 e. The van der Waals surface area contributed by atoms with Gasteiger partial charge < -0.3 is 14.3 Å². The van der Waals surface area contributed by atoms with E-state index < -0.39 is 12.1 Å². The molecular formula is C11H9ClO4S. The summed E-state index contributed by atoms with van der Waals surface area (Å²) in [5.74, 6) is -0.235. The summed E-state index contributed by atoms with van der Waals surface area (Å²) in [4.78, 5) is 11.8. The zero-order valence-corrected chi connectivity index (χ0v) is 10.4. The van der Waals surface area contributed by atoms with E-state index in [2.05, 4.69) is 4.74 Å². The maximum atomic E-state index is 11.2. The first kappa shape index (κ1) is 12.2. The Balaban J connectivity index is 2.23. The number of rotatable bonds is 3. The summed E-state index contributed by atoms with van der Waals surface area (Å²) in [6.45, 7) is 0. The molecule has 4 nitrogen and oxygen atoms in total. The molecule has 2 aromatic heterocycles. The first-order chi connectivity index (χ1) is 8.11. The number of halogens is 1. The second kappa shape index (κ2) is 4.91. The molecule has 1 unspecified atom stereocenters. The Hall–Kier alpha value is -1.30. The van der Waals surface area contributed by atoms with Gasteiger partial charge in [0.05, 0.1) is 12.1 Å². The van der Waals surface area contributed by atoms with Crippen molar-refractivity contribution in [1.82, 2.24) is 0 Å². The number of hydrogen-bond acceptors (Lipinski definition) is 5. The molecule has 0 aliphatic rings. The highest BCUT2D eigenvalue weighted by atomic mass is 35.5. The molecule has 90 valence electrons. The van der Waals surface area contributed by atoms with Crippen LogP contribution in [0.3, 0.4) is 0 Å². The zero-order chi connectivity index (χ0) is 12.4. The van der Waals surface area contributed by atoms with Crippen LogP contribution >= 0.6 is 22.9 Å². The molecule has 1 N–H and O–H groups in total. The van der Waals surface area contributed by atoms with Crippen molar-refractivity contribution in [3.8, 4) is 0 Å². The van der Waals surface area contributed by atoms with Crippen LogP contribution < -0.4 is 0 Å². The Kier molecular flexibility index (Phi) is 3.51. The van der Waals surface area contributed by atoms with Crippen LogP contribution in [0.15, 0.2) is 28.0 Å². The van der Waals surface area contributed by atoms with Crippen molar-refractivity contribution in [3.63, 3.8) is 0 Å². The number of esters is 1. The predicted octanol–water partition coefficient (Wildman–Crippen LogP) is 2.86. The predicted molar refractivity (Wildman–Crippen MR) is 63.4 cm³/mol. The molecule has 2 aromatic rings. The lowest BCUT2D eigenvalue weighted by atomic mass is 10.2. The van der Waals surface area contributed by atoms with Crippen LogP contribution in [0.2, 0.25) is 5.02 Å². The summed E-state index contributed by atoms with van der Waals surface area (Å²) in [6, 6.07) is 4.64. The van der Waals surface area contributed by atoms with Crippen LogP contribution in [-0.4, -0.2) is 18.2 Å². The Bertz CT molecular complexity index is 531. The molecule has 17 heavy (non-hydrogen) atoms. The molecule has 0 saturated carbocycles. The molecule has 0 spiro atoms. The lowest BCUT2D eigenvalue weighted by molar-refractivity contribution is 0.0558. The maximum Gasteiger partial charge on any atom is 0.373 e. The van der Waals surface area contributed by atoms with Gasteiger partial charge >= 0.3 is 5.97 Å². The summed E-state index contributed by atoms with van der Waals surface area (Å²) < 4.78 is 9.71. The summed E-state index contributed by atoms with van der Waals surface area (Å²) in [7, 11) is 1.26. The first-order valence-corrected chi connectivity index (χ1v) is 5.97. The van der Waals surface area contributed by atoms with E-state index in [-0.39, 0.29) is 11.5 Å². The van der Waals surface area contributed by atoms with E-state index in [1.807, 2.05) is 0 Å². The van der Waals surface area contributed by atoms with Gasteiger partial charge in [-0.2, -0.15) is 0 Å². The van der Waals surface area contributed by atoms with Gasteiger partial charge in [-0.05, 0) is 18.2 Å². The highest BCUT2D eigenvalue weighted by molar-refractivity contribution is 7.10. The fourth-order valence-electron chi connectivity index (χ4n) is 1.32. The highest BCUT2D eigenvalue weighted by Gasteiger charge is 2.19. The first-order valence-electron chi connectivity index (χ1n) is 4.72. The van der Waals surface area contributed by atoms with Gasteiger partial charge in [-0.3, -0.25) is 0 Å². The van der Waals surface area contributed by atoms with E-state index in [1.54, 1.807) is 11.4 Å². The topological polar surface area (TPSA) is 59.7 Å². The average Bonchev–Trinajstić information content (AvgIpc) is 2.95. The fourth-order valence-corrected chi connectivity index (χ4v) is 2.39. The van der Waals surface area contributed by atoms with Crippen LogP contribution in [-0.2, 0) is 4.74 Å². The molecule has 0 saturated heterocycles. The summed E-state index contributed by atoms with van der Waals surface area (Å²) in [5.41, 5.74) is 0. The summed E-state index contributed by atoms with van der Waals surface area (Å²) in [5, 5.41) is 12.3. The number of ether oxygens (including phenoxy) is 1. The van der Waals surface area contributed by atoms with Gasteiger partial charge in [0.25, 0.3) is 0 Å². The van der Waals surface area contributed by atoms with Gasteiger partial charge in [0, 0.05) is 10.3 Å². The van der Waals surface area contributed by atoms with Crippen molar-refractivity contribution in [2.45, 2.75) is 6.10 Å². The fraction of sp³-hybridized carbons (Fsp3) is 0.182. The van der Waals surface area contributed by atoms with E-state index in [0.717, 1.165) is 0 Å². The molecule has 0 aliphatic heterocycles. The van der Waals surface area contributed by atoms with Crippen LogP contribution in [0.4, 0.5) is 0 Å². The molecule has 1 atom stereocenters. The molecule has 0 aliphatic carbocycles. The van der Waals surface area contributed by atoms with Gasteiger partial charge in [0.1, 0.15) is 11.9 Å². The third-order valence-corrected chi connectivity index (χ3v) is 3.47. The molecule has 0 aromatic carbocycles. The van der Waals surface area contributed by atoms with Gasteiger partial charge in [-0.1, -0.05) is 11.6 Å². The number of hydrogen-bond donors (Lipinski definition) is 1. The summed E-state index contributed by atoms with van der Waals surface area (Å²) in [6.07, 6.45) is -0.925. The van der Waals surface area contributed by atoms with Gasteiger partial charge in [-0.25, -0.2) is 4.79 Å². The zero-order valence-electron chi connectivity index (χ0n) is 8.84. The molecular weight excluding hydrogens is 264 g/mol. The van der Waals surface area contributed by atoms with Gasteiger partial charge in [-0.15, -0.1) is 11.3 Å². The number of aliphatic hydroxyl groups is 1. The van der Waals surface area contributed by atoms with E-state index in [1.165, 1.54) is 30.6 Å². The van der Waals surface area contributed by atoms with Crippen molar-refractivity contribution < 1.29 is 19.1 Å². The third-order valence-electron chi connectivity index (χ3n) is 2.14. The van der Waals surface area contributed by atoms with Crippen LogP contribution in [0, 0.1) is 0 Å². The van der Waals surface area contributed by atoms with Crippen molar-refractivity contribution in [1.29, 1.82) is 0 Å². The molecule has 6 heteroatoms. The SMILES string of the molecule is COC(=O)c1ccc(C(O)c2cc(Cl)cs2)o1. The lowest BCUT2D eigenvalue weighted by Gasteiger charge is -2.03. The third kappa shape index (κ3) is 2.52. The number of furan rings is 1. The molecule has 2 rings (SSSR count). The van der Waals surface area contributed by atoms with E-state index in [0.29, 0.717) is 9.90 Å². The molecule has 2 heterocycles. The highest BCUT2D eigenvalue weighted by Crippen LogP contribution is 2.30. The van der Waals surface area contributed by atoms with Crippen molar-refractivity contribution in [2.75, 3.05) is 7.11 Å². The molecule has 0 amide bonds. The van der Waals surface area contributed by atoms with E-state index in [4.69, 9.17) is 16.0 Å². The van der Waals surface area contributed by atoms with E-state index >= 15 is 0 Å². The van der Waals surface area contributed by atoms with Crippen LogP contribution in [0.25, 0.3) is 0 Å². The minimum absolute atomic E-state index is 0.0594. The smallest absolute Gasteiger partial charge is 0.373 e. The van der Waals surface area contributed by atoms with Gasteiger partial charge in [0.2, 0.25) is 5.76 Å². The quantitative estimate of drug-likeness (QED) is 0.873. The van der Waals surface area contributed by atoms with Crippen molar-refractivity contribution in [3.05, 3.63) is 45.0 Å². The minimum Gasteiger partial charge on any atom is -0.463 e. The number of aliphatic hydroxyl groups excluding tert-OH is 1. The minimum atomic E-state index is -0.925. The maximum absolute atomic E-state index is 11.2. The van der Waals surface area contributed by atoms with Crippen LogP contribution in [0.1, 0.15) is 27.3 Å². The standard InChI is InChI=1S/C11H9ClO4S/c1-15-11(14)8-3-2-7(16-8)10(13)9-4-6(12)5-17-9/h2-5,10,13H,1H3. The van der Waals surface area contributed by atoms with Crippen LogP contribution in [0.5, 0.6) is 0 Å². The monoisotopic (exact) mass is 272 g/mol. The molecule has 0 bridgehead atoms. The Morgan fingerprint density at radius 2 is 2.35 bits per heavy atom. The number of carbonyl (C=O) groups is 1. The normalized spacial score (nSPS) is 12.4.